The van der Waals surface area contributed by atoms with Crippen molar-refractivity contribution in [3.8, 4) is 5.75 Å². The van der Waals surface area contributed by atoms with Gasteiger partial charge in [0.2, 0.25) is 0 Å². The van der Waals surface area contributed by atoms with E-state index in [0.717, 1.165) is 5.56 Å². The summed E-state index contributed by atoms with van der Waals surface area (Å²) in [5.74, 6) is 0.403. The molecule has 1 atom stereocenters. The van der Waals surface area contributed by atoms with Crippen LogP contribution in [0.1, 0.15) is 23.6 Å². The molecule has 0 aromatic heterocycles. The third-order valence-electron chi connectivity index (χ3n) is 3.25. The van der Waals surface area contributed by atoms with Gasteiger partial charge < -0.3 is 4.74 Å². The van der Waals surface area contributed by atoms with E-state index in [1.54, 1.807) is 26.0 Å². The molecule has 1 aromatic rings. The van der Waals surface area contributed by atoms with Crippen LogP contribution in [0.15, 0.2) is 12.1 Å². The van der Waals surface area contributed by atoms with E-state index in [9.17, 15) is 13.2 Å². The van der Waals surface area contributed by atoms with E-state index in [-0.39, 0.29) is 6.61 Å². The van der Waals surface area contributed by atoms with Crippen molar-refractivity contribution < 1.29 is 17.9 Å². The molecule has 1 unspecified atom stereocenters. The van der Waals surface area contributed by atoms with Crippen molar-refractivity contribution in [2.75, 3.05) is 6.61 Å². The maximum atomic E-state index is 13.1. The Bertz CT molecular complexity index is 437. The van der Waals surface area contributed by atoms with Gasteiger partial charge in [0.15, 0.2) is 0 Å². The van der Waals surface area contributed by atoms with E-state index in [1.165, 1.54) is 6.92 Å². The molecule has 0 amide bonds. The molecule has 16 heavy (non-hydrogen) atoms. The standard InChI is InChI=1S/C12H13F3O/c1-7-4-5-8(2)10-9(7)11(3,6-16-10)12(13,14)15/h4-5H,6H2,1-3H3. The van der Waals surface area contributed by atoms with E-state index >= 15 is 0 Å². The molecule has 0 saturated heterocycles. The molecule has 0 aliphatic carbocycles. The fourth-order valence-corrected chi connectivity index (χ4v) is 2.17. The largest absolute Gasteiger partial charge is 0.492 e. The molecule has 88 valence electrons. The number of halogens is 3. The summed E-state index contributed by atoms with van der Waals surface area (Å²) in [6.45, 7) is 4.33. The summed E-state index contributed by atoms with van der Waals surface area (Å²) in [4.78, 5) is 0. The Kier molecular flexibility index (Phi) is 2.23. The van der Waals surface area contributed by atoms with Crippen LogP contribution in [0, 0.1) is 13.8 Å². The zero-order chi connectivity index (χ0) is 12.1. The summed E-state index contributed by atoms with van der Waals surface area (Å²) in [5.41, 5.74) is -0.190. The lowest BCUT2D eigenvalue weighted by atomic mass is 9.80. The average molecular weight is 230 g/mol. The van der Waals surface area contributed by atoms with E-state index in [0.29, 0.717) is 16.9 Å². The zero-order valence-corrected chi connectivity index (χ0v) is 9.40. The third kappa shape index (κ3) is 1.32. The Hall–Kier alpha value is -1.19. The Labute approximate surface area is 92.2 Å². The van der Waals surface area contributed by atoms with Crippen LogP contribution in [0.25, 0.3) is 0 Å². The van der Waals surface area contributed by atoms with Crippen LogP contribution >= 0.6 is 0 Å². The monoisotopic (exact) mass is 230 g/mol. The minimum absolute atomic E-state index is 0.292. The van der Waals surface area contributed by atoms with Gasteiger partial charge in [-0.15, -0.1) is 0 Å². The molecule has 0 fully saturated rings. The second-order valence-electron chi connectivity index (χ2n) is 4.52. The number of aryl methyl sites for hydroxylation is 2. The van der Waals surface area contributed by atoms with E-state index < -0.39 is 11.6 Å². The number of hydrogen-bond donors (Lipinski definition) is 0. The van der Waals surface area contributed by atoms with E-state index in [1.807, 2.05) is 0 Å². The van der Waals surface area contributed by atoms with Crippen molar-refractivity contribution in [2.24, 2.45) is 0 Å². The van der Waals surface area contributed by atoms with Crippen molar-refractivity contribution in [1.82, 2.24) is 0 Å². The highest BCUT2D eigenvalue weighted by Crippen LogP contribution is 2.50. The molecule has 1 heterocycles. The normalized spacial score (nSPS) is 24.1. The summed E-state index contributed by atoms with van der Waals surface area (Å²) >= 11 is 0. The van der Waals surface area contributed by atoms with Crippen LogP contribution in [0.3, 0.4) is 0 Å². The van der Waals surface area contributed by atoms with Crippen LogP contribution in [0.5, 0.6) is 5.75 Å². The molecule has 1 aromatic carbocycles. The van der Waals surface area contributed by atoms with Crippen LogP contribution in [-0.4, -0.2) is 12.8 Å². The Balaban J connectivity index is 2.68. The van der Waals surface area contributed by atoms with Gasteiger partial charge in [-0.3, -0.25) is 0 Å². The van der Waals surface area contributed by atoms with Gasteiger partial charge >= 0.3 is 6.18 Å². The second-order valence-corrected chi connectivity index (χ2v) is 4.52. The summed E-state index contributed by atoms with van der Waals surface area (Å²) in [6.07, 6.45) is -4.28. The summed E-state index contributed by atoms with van der Waals surface area (Å²) in [7, 11) is 0. The van der Waals surface area contributed by atoms with Crippen molar-refractivity contribution in [3.05, 3.63) is 28.8 Å². The summed E-state index contributed by atoms with van der Waals surface area (Å²) < 4.78 is 44.4. The van der Waals surface area contributed by atoms with Gasteiger partial charge in [-0.05, 0) is 31.9 Å². The van der Waals surface area contributed by atoms with Crippen molar-refractivity contribution in [1.29, 1.82) is 0 Å². The Morgan fingerprint density at radius 3 is 2.31 bits per heavy atom. The lowest BCUT2D eigenvalue weighted by molar-refractivity contribution is -0.187. The molecule has 1 nitrogen and oxygen atoms in total. The van der Waals surface area contributed by atoms with Gasteiger partial charge in [0, 0.05) is 5.56 Å². The molecule has 0 saturated carbocycles. The molecular formula is C12H13F3O. The smallest absolute Gasteiger partial charge is 0.401 e. The van der Waals surface area contributed by atoms with Gasteiger partial charge in [0.1, 0.15) is 17.8 Å². The minimum atomic E-state index is -4.28. The van der Waals surface area contributed by atoms with Gasteiger partial charge in [-0.25, -0.2) is 0 Å². The highest BCUT2D eigenvalue weighted by Gasteiger charge is 2.57. The molecule has 2 rings (SSSR count). The highest BCUT2D eigenvalue weighted by atomic mass is 19.4. The Morgan fingerprint density at radius 2 is 1.75 bits per heavy atom. The van der Waals surface area contributed by atoms with Crippen LogP contribution in [0.4, 0.5) is 13.2 Å². The van der Waals surface area contributed by atoms with Crippen molar-refractivity contribution >= 4 is 0 Å². The van der Waals surface area contributed by atoms with Crippen molar-refractivity contribution in [2.45, 2.75) is 32.4 Å². The van der Waals surface area contributed by atoms with Crippen molar-refractivity contribution in [3.63, 3.8) is 0 Å². The van der Waals surface area contributed by atoms with Crippen LogP contribution < -0.4 is 4.74 Å². The lowest BCUT2D eigenvalue weighted by Gasteiger charge is -2.27. The fourth-order valence-electron chi connectivity index (χ4n) is 2.17. The van der Waals surface area contributed by atoms with Gasteiger partial charge in [-0.1, -0.05) is 12.1 Å². The molecule has 1 aliphatic heterocycles. The fraction of sp³-hybridized carbons (Fsp3) is 0.500. The summed E-state index contributed by atoms with van der Waals surface area (Å²) in [6, 6.07) is 3.50. The van der Waals surface area contributed by atoms with Crippen LogP contribution in [0.2, 0.25) is 0 Å². The molecule has 0 bridgehead atoms. The molecular weight excluding hydrogens is 217 g/mol. The van der Waals surface area contributed by atoms with Gasteiger partial charge in [-0.2, -0.15) is 13.2 Å². The Morgan fingerprint density at radius 1 is 1.19 bits per heavy atom. The number of benzene rings is 1. The average Bonchev–Trinajstić information content (AvgIpc) is 2.52. The first-order valence-corrected chi connectivity index (χ1v) is 5.07. The van der Waals surface area contributed by atoms with Gasteiger partial charge in [0.05, 0.1) is 0 Å². The predicted octanol–water partition coefficient (Wildman–Crippen LogP) is 3.52. The molecule has 1 aliphatic rings. The zero-order valence-electron chi connectivity index (χ0n) is 9.40. The number of fused-ring (bicyclic) bond motifs is 1. The minimum Gasteiger partial charge on any atom is -0.492 e. The number of rotatable bonds is 0. The topological polar surface area (TPSA) is 9.23 Å². The quantitative estimate of drug-likeness (QED) is 0.662. The number of alkyl halides is 3. The maximum absolute atomic E-state index is 13.1. The number of ether oxygens (including phenoxy) is 1. The maximum Gasteiger partial charge on any atom is 0.401 e. The first-order valence-electron chi connectivity index (χ1n) is 5.07. The van der Waals surface area contributed by atoms with E-state index in [4.69, 9.17) is 4.74 Å². The first-order chi connectivity index (χ1) is 7.27. The highest BCUT2D eigenvalue weighted by molar-refractivity contribution is 5.53. The molecule has 4 heteroatoms. The van der Waals surface area contributed by atoms with Gasteiger partial charge in [0.25, 0.3) is 0 Å². The molecule has 0 spiro atoms. The van der Waals surface area contributed by atoms with E-state index in [2.05, 4.69) is 0 Å². The third-order valence-corrected chi connectivity index (χ3v) is 3.25. The van der Waals surface area contributed by atoms with Crippen LogP contribution in [-0.2, 0) is 5.41 Å². The lowest BCUT2D eigenvalue weighted by Crippen LogP contribution is -2.41. The molecule has 0 radical (unpaired) electrons. The predicted molar refractivity (Wildman–Crippen MR) is 54.8 cm³/mol. The second kappa shape index (κ2) is 3.15. The number of hydrogen-bond acceptors (Lipinski definition) is 1. The molecule has 0 N–H and O–H groups in total. The first kappa shape index (κ1) is 11.3. The SMILES string of the molecule is Cc1ccc(C)c2c1OCC2(C)C(F)(F)F. The summed E-state index contributed by atoms with van der Waals surface area (Å²) in [5, 5.41) is 0.